The highest BCUT2D eigenvalue weighted by Crippen LogP contribution is 2.45. The minimum absolute atomic E-state index is 0.104. The summed E-state index contributed by atoms with van der Waals surface area (Å²) in [5, 5.41) is 10.6. The number of aliphatic hydroxyl groups excluding tert-OH is 1. The highest BCUT2D eigenvalue weighted by Gasteiger charge is 2.30. The van der Waals surface area contributed by atoms with Crippen molar-refractivity contribution in [2.75, 3.05) is 39.6 Å². The first-order valence-electron chi connectivity index (χ1n) is 40.5. The number of phosphoric acid groups is 2. The van der Waals surface area contributed by atoms with Gasteiger partial charge in [0.05, 0.1) is 26.4 Å². The molecule has 5 atom stereocenters. The van der Waals surface area contributed by atoms with E-state index in [0.29, 0.717) is 25.7 Å². The van der Waals surface area contributed by atoms with Gasteiger partial charge in [-0.3, -0.25) is 37.3 Å². The highest BCUT2D eigenvalue weighted by atomic mass is 31.2. The van der Waals surface area contributed by atoms with Crippen molar-refractivity contribution in [3.8, 4) is 0 Å². The minimum Gasteiger partial charge on any atom is -0.462 e. The van der Waals surface area contributed by atoms with E-state index in [1.54, 1.807) is 0 Å². The lowest BCUT2D eigenvalue weighted by Crippen LogP contribution is -2.30. The summed E-state index contributed by atoms with van der Waals surface area (Å²) in [6.45, 7) is 9.53. The van der Waals surface area contributed by atoms with Crippen molar-refractivity contribution < 1.29 is 80.2 Å². The molecule has 0 amide bonds. The predicted octanol–water partition coefficient (Wildman–Crippen LogP) is 23.1. The molecule has 0 radical (unpaired) electrons. The van der Waals surface area contributed by atoms with Gasteiger partial charge >= 0.3 is 39.5 Å². The second-order valence-corrected chi connectivity index (χ2v) is 32.0. The van der Waals surface area contributed by atoms with Gasteiger partial charge in [-0.2, -0.15) is 0 Å². The number of unbranched alkanes of at least 4 members (excludes halogenated alkanes) is 47. The first-order chi connectivity index (χ1) is 46.9. The largest absolute Gasteiger partial charge is 0.472 e. The molecule has 0 rings (SSSR count). The van der Waals surface area contributed by atoms with Crippen LogP contribution in [0.15, 0.2) is 0 Å². The molecule has 0 bridgehead atoms. The van der Waals surface area contributed by atoms with Gasteiger partial charge in [-0.25, -0.2) is 9.13 Å². The fourth-order valence-electron chi connectivity index (χ4n) is 12.0. The zero-order chi connectivity index (χ0) is 71.4. The van der Waals surface area contributed by atoms with Gasteiger partial charge < -0.3 is 33.8 Å². The highest BCUT2D eigenvalue weighted by molar-refractivity contribution is 7.47. The fraction of sp³-hybridized carbons (Fsp3) is 0.949. The third kappa shape index (κ3) is 72.2. The molecule has 576 valence electrons. The van der Waals surface area contributed by atoms with E-state index < -0.39 is 97.5 Å². The number of phosphoric ester groups is 2. The molecule has 0 aliphatic rings. The zero-order valence-corrected chi connectivity index (χ0v) is 65.2. The first-order valence-corrected chi connectivity index (χ1v) is 43.5. The topological polar surface area (TPSA) is 237 Å². The molecule has 0 aromatic rings. The van der Waals surface area contributed by atoms with Gasteiger partial charge in [-0.1, -0.05) is 356 Å². The third-order valence-corrected chi connectivity index (χ3v) is 20.1. The van der Waals surface area contributed by atoms with Gasteiger partial charge in [0.15, 0.2) is 12.2 Å². The Morgan fingerprint density at radius 3 is 0.701 bits per heavy atom. The van der Waals surface area contributed by atoms with Crippen LogP contribution in [0.3, 0.4) is 0 Å². The summed E-state index contributed by atoms with van der Waals surface area (Å²) in [6.07, 6.45) is 58.5. The number of ether oxygens (including phenoxy) is 4. The Morgan fingerprint density at radius 2 is 0.474 bits per heavy atom. The molecule has 0 heterocycles. The maximum absolute atomic E-state index is 13.1. The van der Waals surface area contributed by atoms with E-state index in [1.165, 1.54) is 225 Å². The maximum Gasteiger partial charge on any atom is 0.472 e. The monoisotopic (exact) mass is 1420 g/mol. The molecule has 3 N–H and O–H groups in total. The molecular weight excluding hydrogens is 1270 g/mol. The number of carbonyl (C=O) groups excluding carboxylic acids is 4. The lowest BCUT2D eigenvalue weighted by Gasteiger charge is -2.21. The van der Waals surface area contributed by atoms with Crippen molar-refractivity contribution >= 4 is 39.5 Å². The van der Waals surface area contributed by atoms with E-state index in [4.69, 9.17) is 37.0 Å². The maximum atomic E-state index is 13.1. The summed E-state index contributed by atoms with van der Waals surface area (Å²) in [5.74, 6) is -0.671. The first kappa shape index (κ1) is 95.1. The van der Waals surface area contributed by atoms with Crippen molar-refractivity contribution in [2.24, 2.45) is 11.8 Å². The zero-order valence-electron chi connectivity index (χ0n) is 63.4. The number of carbonyl (C=O) groups is 4. The van der Waals surface area contributed by atoms with Crippen LogP contribution in [-0.2, 0) is 65.4 Å². The van der Waals surface area contributed by atoms with Crippen molar-refractivity contribution in [1.82, 2.24) is 0 Å². The second kappa shape index (κ2) is 69.8. The van der Waals surface area contributed by atoms with Crippen molar-refractivity contribution in [3.63, 3.8) is 0 Å². The molecule has 17 nitrogen and oxygen atoms in total. The third-order valence-electron chi connectivity index (χ3n) is 18.2. The van der Waals surface area contributed by atoms with Gasteiger partial charge in [0.2, 0.25) is 0 Å². The average Bonchev–Trinajstić information content (AvgIpc) is 2.01. The molecule has 0 aromatic carbocycles. The van der Waals surface area contributed by atoms with Crippen LogP contribution in [0, 0.1) is 11.8 Å². The van der Waals surface area contributed by atoms with E-state index >= 15 is 0 Å². The molecule has 2 unspecified atom stereocenters. The Morgan fingerprint density at radius 1 is 0.278 bits per heavy atom. The second-order valence-electron chi connectivity index (χ2n) is 29.1. The lowest BCUT2D eigenvalue weighted by molar-refractivity contribution is -0.161. The number of aliphatic hydroxyl groups is 1. The van der Waals surface area contributed by atoms with E-state index in [-0.39, 0.29) is 25.7 Å². The molecule has 0 aromatic heterocycles. The number of hydrogen-bond acceptors (Lipinski definition) is 15. The van der Waals surface area contributed by atoms with Gasteiger partial charge in [0.1, 0.15) is 19.3 Å². The summed E-state index contributed by atoms with van der Waals surface area (Å²) >= 11 is 0. The van der Waals surface area contributed by atoms with E-state index in [0.717, 1.165) is 102 Å². The van der Waals surface area contributed by atoms with Crippen LogP contribution in [0.5, 0.6) is 0 Å². The molecule has 97 heavy (non-hydrogen) atoms. The summed E-state index contributed by atoms with van der Waals surface area (Å²) in [7, 11) is -9.91. The summed E-state index contributed by atoms with van der Waals surface area (Å²) in [6, 6.07) is 0. The van der Waals surface area contributed by atoms with Crippen LogP contribution < -0.4 is 0 Å². The number of esters is 4. The Kier molecular flexibility index (Phi) is 68.4. The molecule has 19 heteroatoms. The Bertz CT molecular complexity index is 1870. The molecule has 0 saturated heterocycles. The lowest BCUT2D eigenvalue weighted by atomic mass is 10.0. The smallest absolute Gasteiger partial charge is 0.462 e. The SMILES string of the molecule is CCCCCCCCCCCCCCCCCCCCCCCC(=O)O[C@H](COC(=O)CCCCCCCCCCCCCCCC)COP(=O)(O)OC[C@@H](O)COP(=O)(O)OC[C@@H](COC(=O)CCCCCCCCCCC(C)C)OC(=O)CCCCCCCCCCC(C)C. The van der Waals surface area contributed by atoms with Crippen molar-refractivity contribution in [1.29, 1.82) is 0 Å². The average molecular weight is 1420 g/mol. The molecule has 0 fully saturated rings. The van der Waals surface area contributed by atoms with E-state index in [1.807, 2.05) is 0 Å². The number of rotatable bonds is 77. The van der Waals surface area contributed by atoms with Gasteiger partial charge in [-0.15, -0.1) is 0 Å². The van der Waals surface area contributed by atoms with Crippen LogP contribution >= 0.6 is 15.6 Å². The summed E-state index contributed by atoms with van der Waals surface area (Å²) in [4.78, 5) is 72.8. The van der Waals surface area contributed by atoms with Gasteiger partial charge in [-0.05, 0) is 37.5 Å². The predicted molar refractivity (Wildman–Crippen MR) is 395 cm³/mol. The fourth-order valence-corrected chi connectivity index (χ4v) is 13.6. The van der Waals surface area contributed by atoms with E-state index in [9.17, 15) is 43.2 Å². The van der Waals surface area contributed by atoms with Crippen LogP contribution in [0.2, 0.25) is 0 Å². The van der Waals surface area contributed by atoms with Crippen LogP contribution in [0.4, 0.5) is 0 Å². The summed E-state index contributed by atoms with van der Waals surface area (Å²) < 4.78 is 68.6. The molecule has 0 saturated carbocycles. The van der Waals surface area contributed by atoms with Crippen LogP contribution in [0.25, 0.3) is 0 Å². The standard InChI is InChI=1S/C78H152O17P2/c1-7-9-11-13-15-17-19-21-23-24-25-26-27-28-29-31-33-35-44-50-56-62-77(82)94-73(66-88-75(80)60-54-48-42-34-32-30-22-20-18-16-14-12-10-8-2)68-92-96(84,85)90-64-72(79)65-91-97(86,87)93-69-74(95-78(83)63-57-51-45-39-37-41-47-53-59-71(5)6)67-89-76(81)61-55-49-43-38-36-40-46-52-58-70(3)4/h70-74,79H,7-69H2,1-6H3,(H,84,85)(H,86,87)/t72-,73-,74-/m1/s1. The number of hydrogen-bond donors (Lipinski definition) is 3. The Labute approximate surface area is 594 Å². The Balaban J connectivity index is 5.21. The molecule has 0 spiro atoms. The van der Waals surface area contributed by atoms with Crippen LogP contribution in [-0.4, -0.2) is 96.7 Å². The van der Waals surface area contributed by atoms with Crippen molar-refractivity contribution in [3.05, 3.63) is 0 Å². The van der Waals surface area contributed by atoms with Crippen LogP contribution in [0.1, 0.15) is 408 Å². The molecule has 0 aliphatic carbocycles. The summed E-state index contributed by atoms with van der Waals surface area (Å²) in [5.41, 5.74) is 0. The van der Waals surface area contributed by atoms with Gasteiger partial charge in [0, 0.05) is 25.7 Å². The van der Waals surface area contributed by atoms with E-state index in [2.05, 4.69) is 41.5 Å². The molecule has 0 aliphatic heterocycles. The normalized spacial score (nSPS) is 14.0. The minimum atomic E-state index is -4.96. The quantitative estimate of drug-likeness (QED) is 0.0222. The Hall–Kier alpha value is -1.94. The molecular formula is C78H152O17P2. The van der Waals surface area contributed by atoms with Crippen molar-refractivity contribution in [2.45, 2.75) is 426 Å². The van der Waals surface area contributed by atoms with Gasteiger partial charge in [0.25, 0.3) is 0 Å².